The second-order valence-electron chi connectivity index (χ2n) is 4.92. The highest BCUT2D eigenvalue weighted by Gasteiger charge is 2.07. The molecule has 0 bridgehead atoms. The Morgan fingerprint density at radius 1 is 1.00 bits per heavy atom. The summed E-state index contributed by atoms with van der Waals surface area (Å²) in [6.45, 7) is 0. The van der Waals surface area contributed by atoms with Gasteiger partial charge in [0.25, 0.3) is 0 Å². The summed E-state index contributed by atoms with van der Waals surface area (Å²) in [7, 11) is 3.08. The van der Waals surface area contributed by atoms with E-state index in [1.165, 1.54) is 26.6 Å². The van der Waals surface area contributed by atoms with E-state index in [9.17, 15) is 4.79 Å². The highest BCUT2D eigenvalue weighted by Crippen LogP contribution is 2.25. The first-order valence-corrected chi connectivity index (χ1v) is 7.29. The summed E-state index contributed by atoms with van der Waals surface area (Å²) >= 11 is 0. The number of urea groups is 1. The Morgan fingerprint density at radius 3 is 2.20 bits per heavy atom. The molecule has 1 aromatic carbocycles. The quantitative estimate of drug-likeness (QED) is 0.739. The summed E-state index contributed by atoms with van der Waals surface area (Å²) < 4.78 is 12.0. The van der Waals surface area contributed by atoms with Gasteiger partial charge in [0, 0.05) is 36.3 Å². The van der Waals surface area contributed by atoms with E-state index < -0.39 is 6.03 Å². The fraction of sp³-hybridized carbons (Fsp3) is 0.125. The van der Waals surface area contributed by atoms with Gasteiger partial charge in [-0.15, -0.1) is 0 Å². The fourth-order valence-electron chi connectivity index (χ4n) is 2.07. The Balaban J connectivity index is 1.66. The van der Waals surface area contributed by atoms with Crippen LogP contribution in [0.2, 0.25) is 0 Å². The van der Waals surface area contributed by atoms with Crippen LogP contribution in [0, 0.1) is 0 Å². The zero-order valence-corrected chi connectivity index (χ0v) is 13.6. The van der Waals surface area contributed by atoms with Crippen LogP contribution in [0.1, 0.15) is 0 Å². The van der Waals surface area contributed by atoms with Crippen molar-refractivity contribution < 1.29 is 14.3 Å². The van der Waals surface area contributed by atoms with Crippen LogP contribution in [0.25, 0.3) is 5.95 Å². The first-order valence-electron chi connectivity index (χ1n) is 7.29. The molecule has 0 aliphatic heterocycles. The summed E-state index contributed by atoms with van der Waals surface area (Å²) in [4.78, 5) is 24.4. The number of rotatable bonds is 5. The standard InChI is InChI=1S/C16H16N6O3/c1-24-13-5-11(6-14(7-13)25-2)20-16(23)21-12-8-18-15(19-9-12)22-4-3-17-10-22/h3-10H,1-2H3,(H2,20,21,23). The summed E-state index contributed by atoms with van der Waals surface area (Å²) in [5.74, 6) is 1.60. The van der Waals surface area contributed by atoms with Crippen LogP contribution >= 0.6 is 0 Å². The Hall–Kier alpha value is -3.62. The molecule has 0 saturated carbocycles. The average Bonchev–Trinajstić information content (AvgIpc) is 3.16. The number of methoxy groups -OCH3 is 2. The van der Waals surface area contributed by atoms with E-state index in [1.807, 2.05) is 0 Å². The fourth-order valence-corrected chi connectivity index (χ4v) is 2.07. The number of hydrogen-bond donors (Lipinski definition) is 2. The zero-order chi connectivity index (χ0) is 17.6. The van der Waals surface area contributed by atoms with Crippen LogP contribution in [0.3, 0.4) is 0 Å². The SMILES string of the molecule is COc1cc(NC(=O)Nc2cnc(-n3ccnc3)nc2)cc(OC)c1. The molecule has 3 aromatic rings. The molecule has 25 heavy (non-hydrogen) atoms. The number of carbonyl (C=O) groups excluding carboxylic acids is 1. The van der Waals surface area contributed by atoms with Crippen molar-refractivity contribution in [1.29, 1.82) is 0 Å². The minimum Gasteiger partial charge on any atom is -0.497 e. The van der Waals surface area contributed by atoms with Crippen LogP contribution in [0.15, 0.2) is 49.3 Å². The first-order chi connectivity index (χ1) is 12.2. The molecule has 3 rings (SSSR count). The Morgan fingerprint density at radius 2 is 1.64 bits per heavy atom. The van der Waals surface area contributed by atoms with E-state index in [-0.39, 0.29) is 0 Å². The second kappa shape index (κ2) is 7.30. The van der Waals surface area contributed by atoms with Gasteiger partial charge in [-0.2, -0.15) is 0 Å². The molecule has 9 heteroatoms. The van der Waals surface area contributed by atoms with Gasteiger partial charge in [-0.25, -0.2) is 19.7 Å². The normalized spacial score (nSPS) is 10.2. The maximum atomic E-state index is 12.1. The number of hydrogen-bond acceptors (Lipinski definition) is 6. The predicted octanol–water partition coefficient (Wildman–Crippen LogP) is 2.32. The van der Waals surface area contributed by atoms with Gasteiger partial charge in [-0.1, -0.05) is 0 Å². The molecule has 0 radical (unpaired) electrons. The number of nitrogens with zero attached hydrogens (tertiary/aromatic N) is 4. The topological polar surface area (TPSA) is 103 Å². The van der Waals surface area contributed by atoms with Gasteiger partial charge >= 0.3 is 6.03 Å². The number of imidazole rings is 1. The molecular formula is C16H16N6O3. The third kappa shape index (κ3) is 4.02. The molecule has 0 unspecified atom stereocenters. The van der Waals surface area contributed by atoms with E-state index in [1.54, 1.807) is 41.5 Å². The zero-order valence-electron chi connectivity index (χ0n) is 13.6. The van der Waals surface area contributed by atoms with Crippen LogP contribution < -0.4 is 20.1 Å². The third-order valence-electron chi connectivity index (χ3n) is 3.24. The van der Waals surface area contributed by atoms with Gasteiger partial charge in [0.05, 0.1) is 32.3 Å². The maximum Gasteiger partial charge on any atom is 0.323 e. The number of benzene rings is 1. The van der Waals surface area contributed by atoms with Crippen LogP contribution in [-0.2, 0) is 0 Å². The number of anilines is 2. The molecule has 0 atom stereocenters. The van der Waals surface area contributed by atoms with Crippen molar-refractivity contribution >= 4 is 17.4 Å². The van der Waals surface area contributed by atoms with Gasteiger partial charge in [0.1, 0.15) is 17.8 Å². The van der Waals surface area contributed by atoms with E-state index >= 15 is 0 Å². The van der Waals surface area contributed by atoms with E-state index in [0.717, 1.165) is 0 Å². The van der Waals surface area contributed by atoms with Crippen LogP contribution in [0.5, 0.6) is 11.5 Å². The second-order valence-corrected chi connectivity index (χ2v) is 4.92. The average molecular weight is 340 g/mol. The number of aromatic nitrogens is 4. The molecule has 0 aliphatic rings. The first kappa shape index (κ1) is 16.2. The smallest absolute Gasteiger partial charge is 0.323 e. The number of ether oxygens (including phenoxy) is 2. The molecule has 2 heterocycles. The van der Waals surface area contributed by atoms with E-state index in [4.69, 9.17) is 9.47 Å². The van der Waals surface area contributed by atoms with Crippen molar-refractivity contribution in [2.45, 2.75) is 0 Å². The molecule has 0 aliphatic carbocycles. The Bertz CT molecular complexity index is 827. The van der Waals surface area contributed by atoms with Gasteiger partial charge < -0.3 is 20.1 Å². The molecule has 2 aromatic heterocycles. The number of amides is 2. The number of carbonyl (C=O) groups is 1. The van der Waals surface area contributed by atoms with Crippen molar-refractivity contribution in [1.82, 2.24) is 19.5 Å². The summed E-state index contributed by atoms with van der Waals surface area (Å²) in [6, 6.07) is 4.64. The lowest BCUT2D eigenvalue weighted by Gasteiger charge is -2.10. The monoisotopic (exact) mass is 340 g/mol. The highest BCUT2D eigenvalue weighted by atomic mass is 16.5. The van der Waals surface area contributed by atoms with Crippen molar-refractivity contribution in [3.8, 4) is 17.4 Å². The molecule has 2 N–H and O–H groups in total. The van der Waals surface area contributed by atoms with Gasteiger partial charge in [0.15, 0.2) is 0 Å². The Kier molecular flexibility index (Phi) is 4.74. The predicted molar refractivity (Wildman–Crippen MR) is 91.3 cm³/mol. The summed E-state index contributed by atoms with van der Waals surface area (Å²) in [5.41, 5.74) is 0.987. The maximum absolute atomic E-state index is 12.1. The largest absolute Gasteiger partial charge is 0.497 e. The molecule has 9 nitrogen and oxygen atoms in total. The van der Waals surface area contributed by atoms with Crippen molar-refractivity contribution in [3.05, 3.63) is 49.3 Å². The molecule has 2 amide bonds. The van der Waals surface area contributed by atoms with Gasteiger partial charge in [-0.05, 0) is 0 Å². The van der Waals surface area contributed by atoms with Crippen LogP contribution in [0.4, 0.5) is 16.2 Å². The Labute approximate surface area is 143 Å². The van der Waals surface area contributed by atoms with E-state index in [0.29, 0.717) is 28.8 Å². The molecule has 0 spiro atoms. The highest BCUT2D eigenvalue weighted by molar-refractivity contribution is 5.99. The molecule has 0 fully saturated rings. The van der Waals surface area contributed by atoms with Crippen molar-refractivity contribution in [2.24, 2.45) is 0 Å². The molecular weight excluding hydrogens is 324 g/mol. The molecule has 0 saturated heterocycles. The van der Waals surface area contributed by atoms with Crippen molar-refractivity contribution in [3.63, 3.8) is 0 Å². The number of nitrogens with one attached hydrogen (secondary N) is 2. The minimum absolute atomic E-state index is 0.436. The third-order valence-corrected chi connectivity index (χ3v) is 3.24. The lowest BCUT2D eigenvalue weighted by Crippen LogP contribution is -2.19. The van der Waals surface area contributed by atoms with Crippen molar-refractivity contribution in [2.75, 3.05) is 24.9 Å². The lowest BCUT2D eigenvalue weighted by atomic mass is 10.3. The van der Waals surface area contributed by atoms with Gasteiger partial charge in [-0.3, -0.25) is 4.57 Å². The van der Waals surface area contributed by atoms with E-state index in [2.05, 4.69) is 25.6 Å². The summed E-state index contributed by atoms with van der Waals surface area (Å²) in [5, 5.41) is 5.36. The summed E-state index contributed by atoms with van der Waals surface area (Å²) in [6.07, 6.45) is 7.96. The lowest BCUT2D eigenvalue weighted by molar-refractivity contribution is 0.262. The van der Waals surface area contributed by atoms with Gasteiger partial charge in [0.2, 0.25) is 5.95 Å². The molecule has 128 valence electrons. The van der Waals surface area contributed by atoms with Crippen LogP contribution in [-0.4, -0.2) is 39.8 Å². The minimum atomic E-state index is -0.436.